The molecule has 2 aromatic carbocycles. The minimum Gasteiger partial charge on any atom is -0.341 e. The highest BCUT2D eigenvalue weighted by molar-refractivity contribution is 5.74. The largest absolute Gasteiger partial charge is 0.341 e. The van der Waals surface area contributed by atoms with Crippen LogP contribution >= 0.6 is 0 Å². The molecule has 4 nitrogen and oxygen atoms in total. The zero-order valence-electron chi connectivity index (χ0n) is 14.8. The first-order valence-electron chi connectivity index (χ1n) is 9.25. The lowest BCUT2D eigenvalue weighted by Crippen LogP contribution is -2.43. The number of hydrogen-bond acceptors (Lipinski definition) is 3. The van der Waals surface area contributed by atoms with Crippen LogP contribution in [0.1, 0.15) is 37.2 Å². The number of benzene rings is 2. The molecule has 0 radical (unpaired) electrons. The molecule has 1 aromatic heterocycles. The molecule has 1 aliphatic rings. The van der Waals surface area contributed by atoms with Gasteiger partial charge in [0.1, 0.15) is 5.82 Å². The number of rotatable bonds is 5. The van der Waals surface area contributed by atoms with Crippen molar-refractivity contribution in [2.45, 2.75) is 38.4 Å². The lowest BCUT2D eigenvalue weighted by Gasteiger charge is -2.33. The zero-order valence-corrected chi connectivity index (χ0v) is 14.8. The Morgan fingerprint density at radius 3 is 2.56 bits per heavy atom. The fourth-order valence-corrected chi connectivity index (χ4v) is 3.71. The van der Waals surface area contributed by atoms with Crippen molar-refractivity contribution >= 4 is 11.0 Å². The highest BCUT2D eigenvalue weighted by Gasteiger charge is 2.22. The Kier molecular flexibility index (Phi) is 4.81. The van der Waals surface area contributed by atoms with E-state index in [4.69, 9.17) is 4.98 Å². The molecule has 25 heavy (non-hydrogen) atoms. The third kappa shape index (κ3) is 3.91. The molecule has 0 aliphatic carbocycles. The molecule has 2 heterocycles. The van der Waals surface area contributed by atoms with Gasteiger partial charge in [0.15, 0.2) is 0 Å². The van der Waals surface area contributed by atoms with Gasteiger partial charge in [0.2, 0.25) is 0 Å². The van der Waals surface area contributed by atoms with Crippen molar-refractivity contribution in [2.75, 3.05) is 13.1 Å². The summed E-state index contributed by atoms with van der Waals surface area (Å²) in [4.78, 5) is 10.7. The summed E-state index contributed by atoms with van der Waals surface area (Å²) in [6.45, 7) is 5.57. The molecule has 4 heteroatoms. The van der Waals surface area contributed by atoms with Crippen LogP contribution in [0.3, 0.4) is 0 Å². The molecule has 1 aliphatic heterocycles. The third-order valence-electron chi connectivity index (χ3n) is 5.14. The lowest BCUT2D eigenvalue weighted by molar-refractivity contribution is 0.184. The van der Waals surface area contributed by atoms with Gasteiger partial charge in [-0.3, -0.25) is 4.90 Å². The summed E-state index contributed by atoms with van der Waals surface area (Å²) >= 11 is 0. The standard InChI is InChI=1S/C21H26N4/c1-16(21-23-19-9-5-6-10-20(19)24-21)22-18-11-13-25(14-12-18)15-17-7-3-2-4-8-17/h2-10,16,18,22H,11-15H2,1H3,(H,23,24). The van der Waals surface area contributed by atoms with Gasteiger partial charge >= 0.3 is 0 Å². The SMILES string of the molecule is CC(NC1CCN(Cc2ccccc2)CC1)c1nc2ccccc2[nH]1. The van der Waals surface area contributed by atoms with Crippen LogP contribution in [0, 0.1) is 0 Å². The topological polar surface area (TPSA) is 44.0 Å². The first kappa shape index (κ1) is 16.3. The average molecular weight is 334 g/mol. The maximum Gasteiger partial charge on any atom is 0.124 e. The zero-order chi connectivity index (χ0) is 17.1. The van der Waals surface area contributed by atoms with Gasteiger partial charge in [0.05, 0.1) is 17.1 Å². The second-order valence-corrected chi connectivity index (χ2v) is 7.06. The smallest absolute Gasteiger partial charge is 0.124 e. The van der Waals surface area contributed by atoms with E-state index in [0.717, 1.165) is 36.5 Å². The predicted molar refractivity (Wildman–Crippen MR) is 102 cm³/mol. The Balaban J connectivity index is 1.30. The average Bonchev–Trinajstić information content (AvgIpc) is 3.09. The van der Waals surface area contributed by atoms with Gasteiger partial charge in [-0.15, -0.1) is 0 Å². The third-order valence-corrected chi connectivity index (χ3v) is 5.14. The number of H-pyrrole nitrogens is 1. The number of imidazole rings is 1. The number of likely N-dealkylation sites (tertiary alicyclic amines) is 1. The van der Waals surface area contributed by atoms with Crippen molar-refractivity contribution in [3.05, 3.63) is 66.0 Å². The first-order valence-corrected chi connectivity index (χ1v) is 9.25. The van der Waals surface area contributed by atoms with Gasteiger partial charge in [0.25, 0.3) is 0 Å². The van der Waals surface area contributed by atoms with E-state index in [1.54, 1.807) is 0 Å². The monoisotopic (exact) mass is 334 g/mol. The Morgan fingerprint density at radius 1 is 1.08 bits per heavy atom. The van der Waals surface area contributed by atoms with E-state index >= 15 is 0 Å². The number of fused-ring (bicyclic) bond motifs is 1. The summed E-state index contributed by atoms with van der Waals surface area (Å²) in [5.74, 6) is 1.04. The van der Waals surface area contributed by atoms with Crippen LogP contribution < -0.4 is 5.32 Å². The van der Waals surface area contributed by atoms with Gasteiger partial charge < -0.3 is 10.3 Å². The molecule has 3 aromatic rings. The highest BCUT2D eigenvalue weighted by Crippen LogP contribution is 2.19. The summed E-state index contributed by atoms with van der Waals surface area (Å²) in [5, 5.41) is 3.76. The van der Waals surface area contributed by atoms with Crippen molar-refractivity contribution in [3.63, 3.8) is 0 Å². The molecule has 130 valence electrons. The van der Waals surface area contributed by atoms with E-state index in [1.807, 2.05) is 12.1 Å². The van der Waals surface area contributed by atoms with Gasteiger partial charge in [-0.1, -0.05) is 42.5 Å². The molecule has 1 fully saturated rings. The van der Waals surface area contributed by atoms with E-state index in [9.17, 15) is 0 Å². The number of piperidine rings is 1. The minimum atomic E-state index is 0.248. The summed E-state index contributed by atoms with van der Waals surface area (Å²) in [6.07, 6.45) is 2.38. The van der Waals surface area contributed by atoms with E-state index < -0.39 is 0 Å². The van der Waals surface area contributed by atoms with E-state index in [2.05, 4.69) is 64.6 Å². The van der Waals surface area contributed by atoms with E-state index in [-0.39, 0.29) is 6.04 Å². The maximum atomic E-state index is 4.72. The van der Waals surface area contributed by atoms with Crippen molar-refractivity contribution < 1.29 is 0 Å². The van der Waals surface area contributed by atoms with E-state index in [1.165, 1.54) is 18.4 Å². The van der Waals surface area contributed by atoms with Crippen molar-refractivity contribution in [1.82, 2.24) is 20.2 Å². The summed E-state index contributed by atoms with van der Waals surface area (Å²) in [5.41, 5.74) is 3.57. The summed E-state index contributed by atoms with van der Waals surface area (Å²) in [6, 6.07) is 19.8. The summed E-state index contributed by atoms with van der Waals surface area (Å²) < 4.78 is 0. The van der Waals surface area contributed by atoms with E-state index in [0.29, 0.717) is 6.04 Å². The van der Waals surface area contributed by atoms with Crippen LogP contribution in [0.4, 0.5) is 0 Å². The predicted octanol–water partition coefficient (Wildman–Crippen LogP) is 3.88. The van der Waals surface area contributed by atoms with Crippen LogP contribution in [0.15, 0.2) is 54.6 Å². The molecule has 1 saturated heterocycles. The second kappa shape index (κ2) is 7.38. The normalized spacial score (nSPS) is 17.8. The molecule has 0 spiro atoms. The van der Waals surface area contributed by atoms with Crippen molar-refractivity contribution in [2.24, 2.45) is 0 Å². The molecule has 0 bridgehead atoms. The molecule has 1 unspecified atom stereocenters. The molecule has 4 rings (SSSR count). The van der Waals surface area contributed by atoms with Crippen LogP contribution in [-0.2, 0) is 6.54 Å². The van der Waals surface area contributed by atoms with Crippen LogP contribution in [0.2, 0.25) is 0 Å². The Hall–Kier alpha value is -2.17. The maximum absolute atomic E-state index is 4.72. The minimum absolute atomic E-state index is 0.248. The number of nitrogens with one attached hydrogen (secondary N) is 2. The molecular weight excluding hydrogens is 308 g/mol. The number of aromatic amines is 1. The molecule has 1 atom stereocenters. The van der Waals surface area contributed by atoms with Gasteiger partial charge in [0, 0.05) is 12.6 Å². The van der Waals surface area contributed by atoms with Gasteiger partial charge in [-0.25, -0.2) is 4.98 Å². The molecule has 2 N–H and O–H groups in total. The quantitative estimate of drug-likeness (QED) is 0.744. The van der Waals surface area contributed by atoms with Crippen LogP contribution in [0.5, 0.6) is 0 Å². The van der Waals surface area contributed by atoms with Crippen LogP contribution in [-0.4, -0.2) is 34.0 Å². The number of para-hydroxylation sites is 2. The molecule has 0 saturated carbocycles. The summed E-state index contributed by atoms with van der Waals surface area (Å²) in [7, 11) is 0. The first-order chi connectivity index (χ1) is 12.3. The second-order valence-electron chi connectivity index (χ2n) is 7.06. The fourth-order valence-electron chi connectivity index (χ4n) is 3.71. The lowest BCUT2D eigenvalue weighted by atomic mass is 10.0. The Morgan fingerprint density at radius 2 is 1.80 bits per heavy atom. The highest BCUT2D eigenvalue weighted by atomic mass is 15.1. The Labute approximate surface area is 149 Å². The number of aromatic nitrogens is 2. The number of hydrogen-bond donors (Lipinski definition) is 2. The van der Waals surface area contributed by atoms with Gasteiger partial charge in [-0.05, 0) is 50.6 Å². The fraction of sp³-hybridized carbons (Fsp3) is 0.381. The van der Waals surface area contributed by atoms with Crippen molar-refractivity contribution in [1.29, 1.82) is 0 Å². The molecular formula is C21H26N4. The van der Waals surface area contributed by atoms with Gasteiger partial charge in [-0.2, -0.15) is 0 Å². The Bertz CT molecular complexity index is 770. The van der Waals surface area contributed by atoms with Crippen molar-refractivity contribution in [3.8, 4) is 0 Å². The van der Waals surface area contributed by atoms with Crippen LogP contribution in [0.25, 0.3) is 11.0 Å². The molecule has 0 amide bonds. The number of nitrogens with zero attached hydrogens (tertiary/aromatic N) is 2.